The zero-order chi connectivity index (χ0) is 20.0. The molecule has 0 saturated carbocycles. The number of aromatic nitrogens is 2. The highest BCUT2D eigenvalue weighted by atomic mass is 35.5. The van der Waals surface area contributed by atoms with Gasteiger partial charge in [-0.2, -0.15) is 18.3 Å². The van der Waals surface area contributed by atoms with Crippen LogP contribution in [-0.4, -0.2) is 18.0 Å². The molecule has 27 heavy (non-hydrogen) atoms. The summed E-state index contributed by atoms with van der Waals surface area (Å²) in [6.45, 7) is 3.86. The van der Waals surface area contributed by atoms with Crippen molar-refractivity contribution in [2.45, 2.75) is 30.8 Å². The second-order valence-electron chi connectivity index (χ2n) is 6.22. The van der Waals surface area contributed by atoms with Crippen LogP contribution >= 0.6 is 11.6 Å². The third-order valence-electron chi connectivity index (χ3n) is 3.91. The van der Waals surface area contributed by atoms with Gasteiger partial charge in [-0.05, 0) is 48.4 Å². The van der Waals surface area contributed by atoms with E-state index in [1.54, 1.807) is 6.07 Å². The van der Waals surface area contributed by atoms with E-state index in [0.717, 1.165) is 30.0 Å². The summed E-state index contributed by atoms with van der Waals surface area (Å²) < 4.78 is 66.8. The molecule has 0 aliphatic heterocycles. The first kappa shape index (κ1) is 19.5. The lowest BCUT2D eigenvalue weighted by Gasteiger charge is -2.11. The van der Waals surface area contributed by atoms with E-state index in [1.807, 2.05) is 13.8 Å². The predicted octanol–water partition coefficient (Wildman–Crippen LogP) is 4.93. The molecule has 0 radical (unpaired) electrons. The highest BCUT2D eigenvalue weighted by Gasteiger charge is 2.30. The second kappa shape index (κ2) is 6.72. The predicted molar refractivity (Wildman–Crippen MR) is 96.5 cm³/mol. The van der Waals surface area contributed by atoms with Crippen molar-refractivity contribution in [3.63, 3.8) is 0 Å². The molecule has 2 aromatic heterocycles. The lowest BCUT2D eigenvalue weighted by Crippen LogP contribution is -2.16. The molecule has 0 bridgehead atoms. The number of pyridine rings is 1. The molecule has 0 atom stereocenters. The van der Waals surface area contributed by atoms with E-state index < -0.39 is 21.8 Å². The molecule has 0 spiro atoms. The van der Waals surface area contributed by atoms with Gasteiger partial charge in [0.1, 0.15) is 5.82 Å². The molecule has 144 valence electrons. The maximum absolute atomic E-state index is 12.7. The number of nitrogens with zero attached hydrogens (tertiary/aromatic N) is 2. The van der Waals surface area contributed by atoms with Crippen molar-refractivity contribution in [2.24, 2.45) is 0 Å². The normalized spacial score (nSPS) is 12.7. The van der Waals surface area contributed by atoms with Crippen molar-refractivity contribution in [1.82, 2.24) is 9.61 Å². The molecule has 5 nitrogen and oxygen atoms in total. The third-order valence-corrected chi connectivity index (χ3v) is 5.60. The quantitative estimate of drug-likeness (QED) is 0.654. The number of fused-ring (bicyclic) bond motifs is 1. The number of anilines is 1. The second-order valence-corrected chi connectivity index (χ2v) is 8.30. The van der Waals surface area contributed by atoms with Gasteiger partial charge in [-0.3, -0.25) is 4.72 Å². The molecule has 0 aliphatic carbocycles. The Morgan fingerprint density at radius 3 is 2.30 bits per heavy atom. The van der Waals surface area contributed by atoms with E-state index >= 15 is 0 Å². The average molecular weight is 418 g/mol. The van der Waals surface area contributed by atoms with Crippen LogP contribution in [0.2, 0.25) is 5.02 Å². The van der Waals surface area contributed by atoms with Crippen LogP contribution in [0.3, 0.4) is 0 Å². The average Bonchev–Trinajstić information content (AvgIpc) is 3.03. The molecule has 0 amide bonds. The molecule has 2 heterocycles. The van der Waals surface area contributed by atoms with Crippen molar-refractivity contribution < 1.29 is 21.6 Å². The van der Waals surface area contributed by atoms with Gasteiger partial charge in [0, 0.05) is 0 Å². The fourth-order valence-electron chi connectivity index (χ4n) is 2.44. The topological polar surface area (TPSA) is 63.5 Å². The van der Waals surface area contributed by atoms with E-state index in [1.165, 1.54) is 16.6 Å². The van der Waals surface area contributed by atoms with Gasteiger partial charge < -0.3 is 0 Å². The van der Waals surface area contributed by atoms with Gasteiger partial charge in [0.2, 0.25) is 0 Å². The fourth-order valence-corrected chi connectivity index (χ4v) is 3.68. The summed E-state index contributed by atoms with van der Waals surface area (Å²) in [5.74, 6) is 0.224. The van der Waals surface area contributed by atoms with Gasteiger partial charge in [0.05, 0.1) is 26.7 Å². The van der Waals surface area contributed by atoms with E-state index in [0.29, 0.717) is 10.5 Å². The third kappa shape index (κ3) is 3.89. The monoisotopic (exact) mass is 417 g/mol. The Labute approximate surface area is 158 Å². The number of benzene rings is 1. The van der Waals surface area contributed by atoms with Crippen molar-refractivity contribution in [3.05, 3.63) is 58.7 Å². The number of rotatable bonds is 4. The molecule has 1 N–H and O–H groups in total. The first-order valence-electron chi connectivity index (χ1n) is 7.87. The Hall–Kier alpha value is -2.26. The summed E-state index contributed by atoms with van der Waals surface area (Å²) in [7, 11) is -4.11. The van der Waals surface area contributed by atoms with Crippen LogP contribution in [-0.2, 0) is 16.2 Å². The summed E-state index contributed by atoms with van der Waals surface area (Å²) in [6, 6.07) is 7.96. The SMILES string of the molecule is CC(C)c1cc2c(Cl)ccc(NS(=O)(=O)c3ccc(C(F)(F)F)cc3)n2n1. The Balaban J connectivity index is 2.00. The van der Waals surface area contributed by atoms with Crippen molar-refractivity contribution >= 4 is 33.0 Å². The molecule has 0 fully saturated rings. The molecular weight excluding hydrogens is 403 g/mol. The molecule has 3 aromatic rings. The maximum Gasteiger partial charge on any atom is 0.416 e. The summed E-state index contributed by atoms with van der Waals surface area (Å²) in [4.78, 5) is -0.296. The van der Waals surface area contributed by atoms with Gasteiger partial charge in [0.15, 0.2) is 0 Å². The van der Waals surface area contributed by atoms with E-state index in [2.05, 4.69) is 9.82 Å². The van der Waals surface area contributed by atoms with Crippen LogP contribution in [0.4, 0.5) is 19.0 Å². The molecule has 0 saturated heterocycles. The Morgan fingerprint density at radius 2 is 1.74 bits per heavy atom. The number of hydrogen-bond donors (Lipinski definition) is 1. The van der Waals surface area contributed by atoms with Crippen molar-refractivity contribution in [3.8, 4) is 0 Å². The Morgan fingerprint density at radius 1 is 1.11 bits per heavy atom. The number of hydrogen-bond acceptors (Lipinski definition) is 3. The minimum atomic E-state index is -4.54. The standard InChI is InChI=1S/C17H15ClF3N3O2S/c1-10(2)14-9-15-13(18)7-8-16(24(15)22-14)23-27(25,26)12-5-3-11(4-6-12)17(19,20)21/h3-10,23H,1-2H3. The van der Waals surface area contributed by atoms with Gasteiger partial charge in [-0.1, -0.05) is 25.4 Å². The lowest BCUT2D eigenvalue weighted by atomic mass is 10.1. The van der Waals surface area contributed by atoms with Gasteiger partial charge >= 0.3 is 6.18 Å². The fraction of sp³-hybridized carbons (Fsp3) is 0.235. The maximum atomic E-state index is 12.7. The van der Waals surface area contributed by atoms with Crippen LogP contribution in [0.5, 0.6) is 0 Å². The first-order chi connectivity index (χ1) is 12.5. The summed E-state index contributed by atoms with van der Waals surface area (Å²) in [5.41, 5.74) is 0.315. The minimum Gasteiger partial charge on any atom is -0.263 e. The van der Waals surface area contributed by atoms with Crippen molar-refractivity contribution in [1.29, 1.82) is 0 Å². The van der Waals surface area contributed by atoms with Crippen LogP contribution < -0.4 is 4.72 Å². The molecular formula is C17H15ClF3N3O2S. The summed E-state index contributed by atoms with van der Waals surface area (Å²) in [5, 5.41) is 4.75. The molecule has 10 heteroatoms. The number of alkyl halides is 3. The molecule has 0 unspecified atom stereocenters. The van der Waals surface area contributed by atoms with E-state index in [9.17, 15) is 21.6 Å². The van der Waals surface area contributed by atoms with Gasteiger partial charge in [-0.15, -0.1) is 0 Å². The van der Waals surface area contributed by atoms with E-state index in [4.69, 9.17) is 11.6 Å². The summed E-state index contributed by atoms with van der Waals surface area (Å²) in [6.07, 6.45) is -4.54. The lowest BCUT2D eigenvalue weighted by molar-refractivity contribution is -0.137. The van der Waals surface area contributed by atoms with E-state index in [-0.39, 0.29) is 16.6 Å². The molecule has 3 rings (SSSR count). The zero-order valence-corrected chi connectivity index (χ0v) is 15.8. The van der Waals surface area contributed by atoms with Crippen molar-refractivity contribution in [2.75, 3.05) is 4.72 Å². The number of nitrogens with one attached hydrogen (secondary N) is 1. The molecule has 1 aromatic carbocycles. The number of halogens is 4. The van der Waals surface area contributed by atoms with Crippen LogP contribution in [0.15, 0.2) is 47.4 Å². The zero-order valence-electron chi connectivity index (χ0n) is 14.2. The minimum absolute atomic E-state index is 0.0975. The highest BCUT2D eigenvalue weighted by molar-refractivity contribution is 7.92. The smallest absolute Gasteiger partial charge is 0.263 e. The van der Waals surface area contributed by atoms with Crippen LogP contribution in [0.25, 0.3) is 5.52 Å². The largest absolute Gasteiger partial charge is 0.416 e. The Bertz CT molecular complexity index is 1090. The summed E-state index contributed by atoms with van der Waals surface area (Å²) >= 11 is 6.15. The molecule has 0 aliphatic rings. The highest BCUT2D eigenvalue weighted by Crippen LogP contribution is 2.30. The number of sulfonamides is 1. The Kier molecular flexibility index (Phi) is 4.85. The van der Waals surface area contributed by atoms with Crippen LogP contribution in [0.1, 0.15) is 31.0 Å². The van der Waals surface area contributed by atoms with Crippen LogP contribution in [0, 0.1) is 0 Å². The van der Waals surface area contributed by atoms with Gasteiger partial charge in [0.25, 0.3) is 10.0 Å². The first-order valence-corrected chi connectivity index (χ1v) is 9.73. The van der Waals surface area contributed by atoms with Gasteiger partial charge in [-0.25, -0.2) is 12.9 Å².